The van der Waals surface area contributed by atoms with Gasteiger partial charge in [0, 0.05) is 22.6 Å². The Morgan fingerprint density at radius 2 is 1.06 bits per heavy atom. The Labute approximate surface area is 272 Å². The third kappa shape index (κ3) is 7.50. The van der Waals surface area contributed by atoms with Crippen molar-refractivity contribution in [1.82, 2.24) is 5.32 Å². The van der Waals surface area contributed by atoms with E-state index in [2.05, 4.69) is 11.5 Å². The van der Waals surface area contributed by atoms with Crippen LogP contribution in [0.15, 0.2) is 48.5 Å². The number of carbonyl (C=O) groups excluding carboxylic acids is 2. The van der Waals surface area contributed by atoms with E-state index < -0.39 is 76.2 Å². The van der Waals surface area contributed by atoms with E-state index in [1.807, 2.05) is 12.1 Å². The molecule has 0 spiro atoms. The summed E-state index contributed by atoms with van der Waals surface area (Å²) in [6.45, 7) is 0. The number of rotatable bonds is 8. The molecule has 18 nitrogen and oxygen atoms in total. The molecule has 0 saturated carbocycles. The molecular weight excluding hydrogens is 652 g/mol. The number of urea groups is 2. The zero-order valence-electron chi connectivity index (χ0n) is 24.8. The van der Waals surface area contributed by atoms with Crippen LogP contribution in [-0.4, -0.2) is 84.6 Å². The van der Waals surface area contributed by atoms with Crippen molar-refractivity contribution in [3.8, 4) is 0 Å². The first-order valence-electron chi connectivity index (χ1n) is 13.6. The molecule has 0 radical (unpaired) electrons. The van der Waals surface area contributed by atoms with Gasteiger partial charge in [0.15, 0.2) is 0 Å². The van der Waals surface area contributed by atoms with Gasteiger partial charge in [0.25, 0.3) is 0 Å². The molecule has 0 aliphatic heterocycles. The summed E-state index contributed by atoms with van der Waals surface area (Å²) in [4.78, 5) is 87.8. The lowest BCUT2D eigenvalue weighted by Crippen LogP contribution is -2.38. The van der Waals surface area contributed by atoms with Crippen molar-refractivity contribution in [3.05, 3.63) is 70.8 Å². The van der Waals surface area contributed by atoms with E-state index in [0.29, 0.717) is 21.5 Å². The number of fused-ring (bicyclic) bond motifs is 2. The Hall–Kier alpha value is -7.08. The summed E-state index contributed by atoms with van der Waals surface area (Å²) in [6.07, 6.45) is -0.224. The molecule has 13 N–H and O–H groups in total. The maximum Gasteiger partial charge on any atom is 0.337 e. The van der Waals surface area contributed by atoms with Gasteiger partial charge in [0.2, 0.25) is 0 Å². The van der Waals surface area contributed by atoms with Gasteiger partial charge in [-0.15, -0.1) is 0 Å². The summed E-state index contributed by atoms with van der Waals surface area (Å²) in [5, 5.41) is 60.1. The summed E-state index contributed by atoms with van der Waals surface area (Å²) in [5.41, 5.74) is 11.0. The second-order valence-electron chi connectivity index (χ2n) is 10.1. The molecule has 0 saturated heterocycles. The van der Waals surface area contributed by atoms with E-state index in [4.69, 9.17) is 15.9 Å². The number of amides is 4. The molecule has 0 heterocycles. The molecule has 0 bridgehead atoms. The van der Waals surface area contributed by atoms with E-state index in [-0.39, 0.29) is 29.0 Å². The van der Waals surface area contributed by atoms with Crippen LogP contribution in [0.1, 0.15) is 54.3 Å². The number of benzene rings is 5. The van der Waals surface area contributed by atoms with Crippen LogP contribution in [0.3, 0.4) is 0 Å². The summed E-state index contributed by atoms with van der Waals surface area (Å²) < 4.78 is 0. The number of nitrogens with two attached hydrogens (primary N) is 3. The zero-order chi connectivity index (χ0) is 36.9. The predicted molar refractivity (Wildman–Crippen MR) is 170 cm³/mol. The largest absolute Gasteiger partial charge is 0.481 e. The van der Waals surface area contributed by atoms with Gasteiger partial charge in [-0.1, -0.05) is 42.5 Å². The summed E-state index contributed by atoms with van der Waals surface area (Å²) in [7, 11) is 0. The van der Waals surface area contributed by atoms with Crippen molar-refractivity contribution in [1.29, 1.82) is 0 Å². The summed E-state index contributed by atoms with van der Waals surface area (Å²) in [5.74, 6) is -8.77. The molecule has 1 atom stereocenters. The Morgan fingerprint density at radius 1 is 0.571 bits per heavy atom. The second kappa shape index (κ2) is 14.6. The molecule has 5 aromatic rings. The fourth-order valence-electron chi connectivity index (χ4n) is 5.23. The fraction of sp³-hybridized carbons (Fsp3) is 0.0968. The van der Waals surface area contributed by atoms with Crippen molar-refractivity contribution in [3.63, 3.8) is 0 Å². The summed E-state index contributed by atoms with van der Waals surface area (Å²) >= 11 is 0. The molecule has 4 amide bonds. The number of hydrogen-bond acceptors (Lipinski definition) is 9. The highest BCUT2D eigenvalue weighted by Gasteiger charge is 2.33. The number of aliphatic carboxylic acids is 2. The van der Waals surface area contributed by atoms with Crippen LogP contribution in [0.2, 0.25) is 0 Å². The molecule has 254 valence electrons. The normalized spacial score (nSPS) is 11.1. The molecule has 5 aromatic carbocycles. The highest BCUT2D eigenvalue weighted by Crippen LogP contribution is 2.45. The topological polar surface area (TPSA) is 348 Å². The van der Waals surface area contributed by atoms with Crippen molar-refractivity contribution in [2.75, 3.05) is 0 Å². The number of imide groups is 1. The Kier molecular flexibility index (Phi) is 10.8. The van der Waals surface area contributed by atoms with Gasteiger partial charge in [-0.2, -0.15) is 0 Å². The van der Waals surface area contributed by atoms with E-state index in [0.717, 1.165) is 5.39 Å². The van der Waals surface area contributed by atoms with Gasteiger partial charge >= 0.3 is 47.9 Å². The SMILES string of the molecule is NC(=O)NC(N)=O.NC(CCC(=O)O)C(=O)O.O=C(O)c1c(C(=O)O)c2c(C(=O)O)ccc3c4cccc5cccc(c(c1C(=O)O)c23)c54. The molecule has 1 unspecified atom stereocenters. The number of primary amides is 2. The monoisotopic (exact) mass is 678 g/mol. The van der Waals surface area contributed by atoms with Gasteiger partial charge in [0.05, 0.1) is 22.3 Å². The van der Waals surface area contributed by atoms with Crippen molar-refractivity contribution in [2.45, 2.75) is 18.9 Å². The van der Waals surface area contributed by atoms with Crippen LogP contribution in [0.25, 0.3) is 43.1 Å². The molecule has 0 aliphatic carbocycles. The third-order valence-corrected chi connectivity index (χ3v) is 7.02. The zero-order valence-corrected chi connectivity index (χ0v) is 24.8. The Morgan fingerprint density at radius 3 is 1.49 bits per heavy atom. The number of carboxylic acid groups (broad SMARTS) is 6. The number of aromatic carboxylic acids is 4. The first-order valence-corrected chi connectivity index (χ1v) is 13.6. The average Bonchev–Trinajstić information content (AvgIpc) is 3.00. The van der Waals surface area contributed by atoms with E-state index >= 15 is 0 Å². The lowest BCUT2D eigenvalue weighted by atomic mass is 9.81. The number of carbonyl (C=O) groups is 8. The smallest absolute Gasteiger partial charge is 0.337 e. The number of hydrogen-bond donors (Lipinski definition) is 10. The molecule has 0 aliphatic rings. The maximum absolute atomic E-state index is 12.3. The Bertz CT molecular complexity index is 2190. The molecule has 0 aromatic heterocycles. The maximum atomic E-state index is 12.3. The van der Waals surface area contributed by atoms with Gasteiger partial charge in [-0.25, -0.2) is 28.8 Å². The highest BCUT2D eigenvalue weighted by molar-refractivity contribution is 6.40. The molecule has 49 heavy (non-hydrogen) atoms. The highest BCUT2D eigenvalue weighted by atomic mass is 16.4. The van der Waals surface area contributed by atoms with E-state index in [1.54, 1.807) is 29.6 Å². The summed E-state index contributed by atoms with van der Waals surface area (Å²) in [6, 6.07) is 10.3. The van der Waals surface area contributed by atoms with Crippen LogP contribution >= 0.6 is 0 Å². The number of carboxylic acids is 6. The van der Waals surface area contributed by atoms with Gasteiger partial charge in [-0.3, -0.25) is 14.9 Å². The predicted octanol–water partition coefficient (Wildman–Crippen LogP) is 2.53. The van der Waals surface area contributed by atoms with Crippen molar-refractivity contribution in [2.24, 2.45) is 17.2 Å². The molecule has 18 heteroatoms. The van der Waals surface area contributed by atoms with Crippen LogP contribution in [-0.2, 0) is 9.59 Å². The second-order valence-corrected chi connectivity index (χ2v) is 10.1. The average molecular weight is 679 g/mol. The lowest BCUT2D eigenvalue weighted by Gasteiger charge is -2.20. The molecular formula is C31H26N4O14. The van der Waals surface area contributed by atoms with Crippen LogP contribution in [0.4, 0.5) is 9.59 Å². The van der Waals surface area contributed by atoms with Crippen molar-refractivity contribution >= 4 is 91.0 Å². The minimum atomic E-state index is -1.77. The molecule has 5 rings (SSSR count). The first-order chi connectivity index (χ1) is 22.9. The fourth-order valence-corrected chi connectivity index (χ4v) is 5.23. The van der Waals surface area contributed by atoms with Crippen LogP contribution < -0.4 is 22.5 Å². The van der Waals surface area contributed by atoms with Gasteiger partial charge < -0.3 is 47.8 Å². The molecule has 0 fully saturated rings. The van der Waals surface area contributed by atoms with Crippen molar-refractivity contribution < 1.29 is 69.0 Å². The minimum Gasteiger partial charge on any atom is -0.481 e. The Balaban J connectivity index is 0.000000318. The third-order valence-electron chi connectivity index (χ3n) is 7.02. The van der Waals surface area contributed by atoms with E-state index in [9.17, 15) is 58.8 Å². The quantitative estimate of drug-likeness (QED) is 0.0832. The van der Waals surface area contributed by atoms with Crippen LogP contribution in [0.5, 0.6) is 0 Å². The van der Waals surface area contributed by atoms with Crippen LogP contribution in [0, 0.1) is 0 Å². The van der Waals surface area contributed by atoms with Gasteiger partial charge in [0.1, 0.15) is 6.04 Å². The van der Waals surface area contributed by atoms with Gasteiger partial charge in [-0.05, 0) is 39.4 Å². The first kappa shape index (κ1) is 36.4. The lowest BCUT2D eigenvalue weighted by molar-refractivity contribution is -0.139. The standard InChI is InChI=1S/C24H12O8.C5H9NO4.C2H5N3O2/c25-21(26)13-8-7-11-10-5-1-3-9-4-2-6-12(14(9)10)16-15(11)17(13)19(23(29)30)20(24(31)32)18(16)22(27)28;6-3(5(9)10)1-2-4(7)8;3-1(6)5-2(4)7/h1-8H,(H,25,26)(H,27,28)(H,29,30)(H,31,32);3H,1-2,6H2,(H,7,8)(H,9,10);(H5,3,4,5,6,7). The number of nitrogens with one attached hydrogen (secondary N) is 1. The van der Waals surface area contributed by atoms with E-state index in [1.165, 1.54) is 12.1 Å². The minimum absolute atomic E-state index is 0.00250.